The lowest BCUT2D eigenvalue weighted by molar-refractivity contribution is 0.413. The summed E-state index contributed by atoms with van der Waals surface area (Å²) in [6.45, 7) is 0.300. The fourth-order valence-corrected chi connectivity index (χ4v) is 3.84. The first-order chi connectivity index (χ1) is 9.98. The molecular weight excluding hydrogens is 308 g/mol. The van der Waals surface area contributed by atoms with Crippen LogP contribution in [0.5, 0.6) is 5.75 Å². The lowest BCUT2D eigenvalue weighted by Crippen LogP contribution is -2.26. The van der Waals surface area contributed by atoms with Gasteiger partial charge in [0.15, 0.2) is 0 Å². The summed E-state index contributed by atoms with van der Waals surface area (Å²) in [5.41, 5.74) is 0.197. The summed E-state index contributed by atoms with van der Waals surface area (Å²) >= 11 is 1.50. The molecule has 2 rings (SSSR count). The molecule has 0 bridgehead atoms. The Kier molecular flexibility index (Phi) is 4.63. The van der Waals surface area contributed by atoms with Gasteiger partial charge < -0.3 is 4.74 Å². The van der Waals surface area contributed by atoms with E-state index in [9.17, 15) is 8.42 Å². The van der Waals surface area contributed by atoms with E-state index >= 15 is 0 Å². The number of ether oxygens (including phenoxy) is 1. The molecule has 0 aliphatic heterocycles. The molecular formula is C14H14N2O3S2. The maximum Gasteiger partial charge on any atom is 0.243 e. The van der Waals surface area contributed by atoms with Gasteiger partial charge in [0.1, 0.15) is 11.8 Å². The Labute approximate surface area is 128 Å². The summed E-state index contributed by atoms with van der Waals surface area (Å²) in [7, 11) is -0.682. The number of hydrogen-bond acceptors (Lipinski definition) is 5. The van der Waals surface area contributed by atoms with E-state index in [0.29, 0.717) is 12.3 Å². The zero-order valence-electron chi connectivity index (χ0n) is 11.6. The van der Waals surface area contributed by atoms with Crippen molar-refractivity contribution in [2.75, 3.05) is 14.2 Å². The Morgan fingerprint density at radius 1 is 1.38 bits per heavy atom. The standard InChI is InChI=1S/C14H14N2O3S2/c1-16(10-12-4-3-7-20-12)21(17,18)13-5-6-14(19-2)11(8-13)9-15/h3-8H,10H2,1-2H3. The van der Waals surface area contributed by atoms with Crippen molar-refractivity contribution in [3.63, 3.8) is 0 Å². The highest BCUT2D eigenvalue weighted by molar-refractivity contribution is 7.89. The van der Waals surface area contributed by atoms with E-state index in [2.05, 4.69) is 0 Å². The SMILES string of the molecule is COc1ccc(S(=O)(=O)N(C)Cc2cccs2)cc1C#N. The summed E-state index contributed by atoms with van der Waals surface area (Å²) < 4.78 is 31.3. The van der Waals surface area contributed by atoms with Gasteiger partial charge in [0.25, 0.3) is 0 Å². The van der Waals surface area contributed by atoms with Crippen LogP contribution in [0.15, 0.2) is 40.6 Å². The van der Waals surface area contributed by atoms with Crippen LogP contribution in [-0.4, -0.2) is 26.9 Å². The van der Waals surface area contributed by atoms with E-state index in [4.69, 9.17) is 10.00 Å². The quantitative estimate of drug-likeness (QED) is 0.848. The van der Waals surface area contributed by atoms with Gasteiger partial charge in [-0.15, -0.1) is 11.3 Å². The summed E-state index contributed by atoms with van der Waals surface area (Å²) in [6.07, 6.45) is 0. The highest BCUT2D eigenvalue weighted by atomic mass is 32.2. The van der Waals surface area contributed by atoms with Crippen molar-refractivity contribution < 1.29 is 13.2 Å². The van der Waals surface area contributed by atoms with Crippen LogP contribution in [0, 0.1) is 11.3 Å². The zero-order valence-corrected chi connectivity index (χ0v) is 13.2. The highest BCUT2D eigenvalue weighted by Crippen LogP contribution is 2.24. The minimum Gasteiger partial charge on any atom is -0.495 e. The molecule has 2 aromatic rings. The van der Waals surface area contributed by atoms with Crippen molar-refractivity contribution in [3.8, 4) is 11.8 Å². The average molecular weight is 322 g/mol. The molecule has 1 aromatic carbocycles. The van der Waals surface area contributed by atoms with Crippen molar-refractivity contribution >= 4 is 21.4 Å². The normalized spacial score (nSPS) is 11.3. The van der Waals surface area contributed by atoms with Gasteiger partial charge in [-0.25, -0.2) is 8.42 Å². The molecule has 0 spiro atoms. The van der Waals surface area contributed by atoms with Crippen molar-refractivity contribution in [2.45, 2.75) is 11.4 Å². The molecule has 0 unspecified atom stereocenters. The molecule has 1 heterocycles. The molecule has 0 N–H and O–H groups in total. The van der Waals surface area contributed by atoms with Crippen LogP contribution in [0.2, 0.25) is 0 Å². The molecule has 5 nitrogen and oxygen atoms in total. The van der Waals surface area contributed by atoms with Crippen LogP contribution in [0.4, 0.5) is 0 Å². The van der Waals surface area contributed by atoms with Gasteiger partial charge in [-0.2, -0.15) is 9.57 Å². The predicted molar refractivity (Wildman–Crippen MR) is 80.7 cm³/mol. The van der Waals surface area contributed by atoms with Crippen LogP contribution >= 0.6 is 11.3 Å². The Bertz CT molecular complexity index is 762. The van der Waals surface area contributed by atoms with E-state index in [1.165, 1.54) is 48.0 Å². The summed E-state index contributed by atoms with van der Waals surface area (Å²) in [4.78, 5) is 1.04. The third-order valence-corrected chi connectivity index (χ3v) is 5.62. The van der Waals surface area contributed by atoms with E-state index in [0.717, 1.165) is 4.88 Å². The number of nitriles is 1. The monoisotopic (exact) mass is 322 g/mol. The fourth-order valence-electron chi connectivity index (χ4n) is 1.82. The van der Waals surface area contributed by atoms with Crippen molar-refractivity contribution in [2.24, 2.45) is 0 Å². The highest BCUT2D eigenvalue weighted by Gasteiger charge is 2.22. The maximum absolute atomic E-state index is 12.5. The van der Waals surface area contributed by atoms with Crippen molar-refractivity contribution in [1.82, 2.24) is 4.31 Å². The van der Waals surface area contributed by atoms with Gasteiger partial charge in [0.2, 0.25) is 10.0 Å². The van der Waals surface area contributed by atoms with Crippen molar-refractivity contribution in [1.29, 1.82) is 5.26 Å². The van der Waals surface area contributed by atoms with Gasteiger partial charge in [-0.05, 0) is 29.6 Å². The van der Waals surface area contributed by atoms with E-state index < -0.39 is 10.0 Å². The number of hydrogen-bond donors (Lipinski definition) is 0. The summed E-state index contributed by atoms with van der Waals surface area (Å²) in [5, 5.41) is 10.9. The Morgan fingerprint density at radius 3 is 2.71 bits per heavy atom. The minimum absolute atomic E-state index is 0.0823. The number of methoxy groups -OCH3 is 1. The minimum atomic E-state index is -3.64. The van der Waals surface area contributed by atoms with Gasteiger partial charge in [0.05, 0.1) is 17.6 Å². The van der Waals surface area contributed by atoms with E-state index in [1.807, 2.05) is 23.6 Å². The fraction of sp³-hybridized carbons (Fsp3) is 0.214. The second kappa shape index (κ2) is 6.26. The second-order valence-electron chi connectivity index (χ2n) is 4.31. The van der Waals surface area contributed by atoms with Crippen molar-refractivity contribution in [3.05, 3.63) is 46.2 Å². The largest absolute Gasteiger partial charge is 0.495 e. The molecule has 0 aliphatic carbocycles. The van der Waals surface area contributed by atoms with Gasteiger partial charge >= 0.3 is 0 Å². The Morgan fingerprint density at radius 2 is 2.14 bits per heavy atom. The summed E-state index contributed by atoms with van der Waals surface area (Å²) in [6, 6.07) is 9.96. The number of rotatable bonds is 5. The Hall–Kier alpha value is -1.88. The summed E-state index contributed by atoms with van der Waals surface area (Å²) in [5.74, 6) is 0.359. The Balaban J connectivity index is 2.33. The molecule has 7 heteroatoms. The molecule has 0 aliphatic rings. The van der Waals surface area contributed by atoms with E-state index in [-0.39, 0.29) is 10.5 Å². The first-order valence-electron chi connectivity index (χ1n) is 6.06. The molecule has 110 valence electrons. The van der Waals surface area contributed by atoms with Crippen LogP contribution in [0.25, 0.3) is 0 Å². The molecule has 0 radical (unpaired) electrons. The van der Waals surface area contributed by atoms with Gasteiger partial charge in [-0.1, -0.05) is 6.07 Å². The van der Waals surface area contributed by atoms with E-state index in [1.54, 1.807) is 0 Å². The molecule has 0 atom stereocenters. The smallest absolute Gasteiger partial charge is 0.243 e. The molecule has 0 saturated carbocycles. The number of benzene rings is 1. The van der Waals surface area contributed by atoms with Crippen LogP contribution in [-0.2, 0) is 16.6 Å². The molecule has 21 heavy (non-hydrogen) atoms. The molecule has 0 saturated heterocycles. The first kappa shape index (κ1) is 15.5. The number of nitrogens with zero attached hydrogens (tertiary/aromatic N) is 2. The van der Waals surface area contributed by atoms with Crippen LogP contribution in [0.1, 0.15) is 10.4 Å². The molecule has 1 aromatic heterocycles. The number of sulfonamides is 1. The third kappa shape index (κ3) is 3.24. The number of thiophene rings is 1. The van der Waals surface area contributed by atoms with Crippen LogP contribution < -0.4 is 4.74 Å². The lowest BCUT2D eigenvalue weighted by atomic mass is 10.2. The molecule has 0 amide bonds. The molecule has 0 fully saturated rings. The predicted octanol–water partition coefficient (Wildman–Crippen LogP) is 2.45. The zero-order chi connectivity index (χ0) is 15.5. The lowest BCUT2D eigenvalue weighted by Gasteiger charge is -2.17. The second-order valence-corrected chi connectivity index (χ2v) is 7.39. The maximum atomic E-state index is 12.5. The van der Waals surface area contributed by atoms with Gasteiger partial charge in [-0.3, -0.25) is 0 Å². The average Bonchev–Trinajstić information content (AvgIpc) is 2.99. The topological polar surface area (TPSA) is 70.4 Å². The van der Waals surface area contributed by atoms with Crippen LogP contribution in [0.3, 0.4) is 0 Å². The van der Waals surface area contributed by atoms with Gasteiger partial charge in [0, 0.05) is 18.5 Å². The first-order valence-corrected chi connectivity index (χ1v) is 8.38. The third-order valence-electron chi connectivity index (χ3n) is 2.96.